The second-order valence-electron chi connectivity index (χ2n) is 5.25. The maximum absolute atomic E-state index is 5.84. The van der Waals surface area contributed by atoms with E-state index in [1.165, 1.54) is 11.1 Å². The van der Waals surface area contributed by atoms with Crippen LogP contribution < -0.4 is 5.73 Å². The molecule has 1 heterocycles. The number of nitrogens with zero attached hydrogens (tertiary/aromatic N) is 2. The van der Waals surface area contributed by atoms with Crippen molar-refractivity contribution in [2.24, 2.45) is 0 Å². The molecule has 0 saturated carbocycles. The summed E-state index contributed by atoms with van der Waals surface area (Å²) in [6.45, 7) is 7.23. The molecule has 2 N–H and O–H groups in total. The Hall–Kier alpha value is -2.29. The van der Waals surface area contributed by atoms with E-state index in [4.69, 9.17) is 10.7 Å². The molecule has 0 unspecified atom stereocenters. The Morgan fingerprint density at radius 3 is 2.60 bits per heavy atom. The summed E-state index contributed by atoms with van der Waals surface area (Å²) in [5, 5.41) is 0. The van der Waals surface area contributed by atoms with Crippen molar-refractivity contribution in [2.45, 2.75) is 27.3 Å². The number of imidazole rings is 1. The van der Waals surface area contributed by atoms with Crippen molar-refractivity contribution in [1.82, 2.24) is 9.55 Å². The summed E-state index contributed by atoms with van der Waals surface area (Å²) in [6, 6.07) is 12.4. The molecule has 3 heteroatoms. The zero-order chi connectivity index (χ0) is 14.3. The molecule has 0 bridgehead atoms. The lowest BCUT2D eigenvalue weighted by atomic mass is 10.1. The van der Waals surface area contributed by atoms with Crippen molar-refractivity contribution >= 4 is 16.7 Å². The van der Waals surface area contributed by atoms with Crippen LogP contribution in [0.25, 0.3) is 22.4 Å². The highest BCUT2D eigenvalue weighted by atomic mass is 15.1. The van der Waals surface area contributed by atoms with Gasteiger partial charge in [-0.2, -0.15) is 0 Å². The average molecular weight is 265 g/mol. The maximum atomic E-state index is 5.84. The standard InChI is InChI=1S/C17H19N3/c1-4-20-16-8-5-11(2)9-15(16)19-17(20)14-7-6-13(18)10-12(14)3/h5-10H,4,18H2,1-3H3. The number of nitrogen functional groups attached to an aromatic ring is 1. The first-order valence-corrected chi connectivity index (χ1v) is 6.93. The molecule has 0 saturated heterocycles. The molecule has 0 aliphatic rings. The van der Waals surface area contributed by atoms with Crippen LogP contribution in [-0.2, 0) is 6.54 Å². The summed E-state index contributed by atoms with van der Waals surface area (Å²) in [5.74, 6) is 1.02. The van der Waals surface area contributed by atoms with Crippen LogP contribution in [0.5, 0.6) is 0 Å². The predicted octanol–water partition coefficient (Wildman–Crippen LogP) is 3.92. The molecular weight excluding hydrogens is 246 g/mol. The summed E-state index contributed by atoms with van der Waals surface area (Å²) < 4.78 is 2.26. The number of hydrogen-bond acceptors (Lipinski definition) is 2. The van der Waals surface area contributed by atoms with Crippen LogP contribution in [0.4, 0.5) is 5.69 Å². The molecule has 0 amide bonds. The quantitative estimate of drug-likeness (QED) is 0.714. The zero-order valence-electron chi connectivity index (χ0n) is 12.1. The fraction of sp³-hybridized carbons (Fsp3) is 0.235. The van der Waals surface area contributed by atoms with Gasteiger partial charge in [0.05, 0.1) is 11.0 Å². The molecule has 3 nitrogen and oxygen atoms in total. The lowest BCUT2D eigenvalue weighted by molar-refractivity contribution is 0.796. The van der Waals surface area contributed by atoms with E-state index in [0.29, 0.717) is 0 Å². The van der Waals surface area contributed by atoms with Crippen LogP contribution in [0.15, 0.2) is 36.4 Å². The molecule has 0 spiro atoms. The van der Waals surface area contributed by atoms with E-state index < -0.39 is 0 Å². The monoisotopic (exact) mass is 265 g/mol. The van der Waals surface area contributed by atoms with Gasteiger partial charge in [0.15, 0.2) is 0 Å². The average Bonchev–Trinajstić information content (AvgIpc) is 2.75. The number of anilines is 1. The highest BCUT2D eigenvalue weighted by molar-refractivity contribution is 5.82. The predicted molar refractivity (Wildman–Crippen MR) is 84.7 cm³/mol. The zero-order valence-corrected chi connectivity index (χ0v) is 12.1. The molecule has 0 fully saturated rings. The summed E-state index contributed by atoms with van der Waals surface area (Å²) in [5.41, 5.74) is 12.4. The second-order valence-corrected chi connectivity index (χ2v) is 5.25. The number of aromatic nitrogens is 2. The Kier molecular flexibility index (Phi) is 2.97. The highest BCUT2D eigenvalue weighted by Crippen LogP contribution is 2.28. The third-order valence-electron chi connectivity index (χ3n) is 3.71. The lowest BCUT2D eigenvalue weighted by Crippen LogP contribution is -1.99. The van der Waals surface area contributed by atoms with Crippen molar-refractivity contribution in [2.75, 3.05) is 5.73 Å². The molecule has 3 aromatic rings. The molecule has 3 rings (SSSR count). The normalized spacial score (nSPS) is 11.2. The maximum Gasteiger partial charge on any atom is 0.141 e. The molecule has 0 aliphatic carbocycles. The summed E-state index contributed by atoms with van der Waals surface area (Å²) >= 11 is 0. The van der Waals surface area contributed by atoms with Crippen molar-refractivity contribution < 1.29 is 0 Å². The van der Waals surface area contributed by atoms with Gasteiger partial charge >= 0.3 is 0 Å². The van der Waals surface area contributed by atoms with E-state index in [9.17, 15) is 0 Å². The van der Waals surface area contributed by atoms with Gasteiger partial charge in [-0.05, 0) is 62.2 Å². The number of aryl methyl sites for hydroxylation is 3. The van der Waals surface area contributed by atoms with E-state index >= 15 is 0 Å². The van der Waals surface area contributed by atoms with E-state index in [-0.39, 0.29) is 0 Å². The van der Waals surface area contributed by atoms with E-state index in [0.717, 1.165) is 34.7 Å². The first-order chi connectivity index (χ1) is 9.60. The molecule has 0 radical (unpaired) electrons. The topological polar surface area (TPSA) is 43.8 Å². The van der Waals surface area contributed by atoms with Gasteiger partial charge in [0.1, 0.15) is 5.82 Å². The van der Waals surface area contributed by atoms with Crippen LogP contribution in [-0.4, -0.2) is 9.55 Å². The van der Waals surface area contributed by atoms with Gasteiger partial charge in [-0.15, -0.1) is 0 Å². The Bertz CT molecular complexity index is 784. The Morgan fingerprint density at radius 1 is 1.10 bits per heavy atom. The van der Waals surface area contributed by atoms with Gasteiger partial charge in [-0.3, -0.25) is 0 Å². The number of hydrogen-bond donors (Lipinski definition) is 1. The first-order valence-electron chi connectivity index (χ1n) is 6.93. The number of fused-ring (bicyclic) bond motifs is 1. The molecule has 0 aliphatic heterocycles. The van der Waals surface area contributed by atoms with Crippen molar-refractivity contribution in [3.05, 3.63) is 47.5 Å². The summed E-state index contributed by atoms with van der Waals surface area (Å²) in [7, 11) is 0. The minimum absolute atomic E-state index is 0.793. The Morgan fingerprint density at radius 2 is 1.90 bits per heavy atom. The van der Waals surface area contributed by atoms with Crippen LogP contribution in [0, 0.1) is 13.8 Å². The van der Waals surface area contributed by atoms with Gasteiger partial charge in [-0.25, -0.2) is 4.98 Å². The SMILES string of the molecule is CCn1c(-c2ccc(N)cc2C)nc2cc(C)ccc21. The molecule has 0 atom stereocenters. The minimum Gasteiger partial charge on any atom is -0.399 e. The summed E-state index contributed by atoms with van der Waals surface area (Å²) in [6.07, 6.45) is 0. The first kappa shape index (κ1) is 12.7. The van der Waals surface area contributed by atoms with Crippen LogP contribution in [0.2, 0.25) is 0 Å². The molecular formula is C17H19N3. The third-order valence-corrected chi connectivity index (χ3v) is 3.71. The lowest BCUT2D eigenvalue weighted by Gasteiger charge is -2.09. The Labute approximate surface area is 119 Å². The number of rotatable bonds is 2. The molecule has 102 valence electrons. The van der Waals surface area contributed by atoms with E-state index in [2.05, 4.69) is 49.6 Å². The van der Waals surface area contributed by atoms with Gasteiger partial charge in [0.2, 0.25) is 0 Å². The molecule has 20 heavy (non-hydrogen) atoms. The van der Waals surface area contributed by atoms with Crippen LogP contribution in [0.3, 0.4) is 0 Å². The van der Waals surface area contributed by atoms with Crippen molar-refractivity contribution in [3.8, 4) is 11.4 Å². The molecule has 2 aromatic carbocycles. The van der Waals surface area contributed by atoms with Crippen molar-refractivity contribution in [3.63, 3.8) is 0 Å². The third kappa shape index (κ3) is 1.95. The van der Waals surface area contributed by atoms with Gasteiger partial charge in [0.25, 0.3) is 0 Å². The fourth-order valence-electron chi connectivity index (χ4n) is 2.70. The Balaban J connectivity index is 2.30. The molecule has 1 aromatic heterocycles. The highest BCUT2D eigenvalue weighted by Gasteiger charge is 2.13. The van der Waals surface area contributed by atoms with E-state index in [1.54, 1.807) is 0 Å². The van der Waals surface area contributed by atoms with E-state index in [1.807, 2.05) is 12.1 Å². The van der Waals surface area contributed by atoms with Gasteiger partial charge < -0.3 is 10.3 Å². The largest absolute Gasteiger partial charge is 0.399 e. The smallest absolute Gasteiger partial charge is 0.141 e. The minimum atomic E-state index is 0.793. The second kappa shape index (κ2) is 4.67. The van der Waals surface area contributed by atoms with Gasteiger partial charge in [-0.1, -0.05) is 6.07 Å². The van der Waals surface area contributed by atoms with Crippen LogP contribution in [0.1, 0.15) is 18.1 Å². The number of nitrogens with two attached hydrogens (primary N) is 1. The van der Waals surface area contributed by atoms with Gasteiger partial charge in [0, 0.05) is 17.8 Å². The number of benzene rings is 2. The fourth-order valence-corrected chi connectivity index (χ4v) is 2.70. The van der Waals surface area contributed by atoms with Crippen LogP contribution >= 0.6 is 0 Å². The summed E-state index contributed by atoms with van der Waals surface area (Å²) in [4.78, 5) is 4.83. The van der Waals surface area contributed by atoms with Crippen molar-refractivity contribution in [1.29, 1.82) is 0 Å².